The number of hydrogen-bond acceptors (Lipinski definition) is 7. The van der Waals surface area contributed by atoms with Crippen LogP contribution in [0.15, 0.2) is 0 Å². The van der Waals surface area contributed by atoms with Gasteiger partial charge in [-0.3, -0.25) is 24.0 Å². The molecular weight excluding hydrogens is 372 g/mol. The number of amides is 4. The van der Waals surface area contributed by atoms with Crippen LogP contribution in [0.3, 0.4) is 0 Å². The van der Waals surface area contributed by atoms with Crippen LogP contribution in [0.2, 0.25) is 0 Å². The van der Waals surface area contributed by atoms with Crippen LogP contribution in [-0.4, -0.2) is 65.9 Å². The Balaban J connectivity index is 4.24. The first-order chi connectivity index (χ1) is 13.1. The van der Waals surface area contributed by atoms with Crippen LogP contribution in [0.5, 0.6) is 0 Å². The van der Waals surface area contributed by atoms with Gasteiger partial charge in [-0.05, 0) is 32.6 Å². The molecule has 12 nitrogen and oxygen atoms in total. The molecule has 0 aliphatic rings. The number of primary amides is 1. The number of hydrogen-bond donors (Lipinski definition) is 7. The molecule has 0 rings (SSSR count). The number of nitrogens with two attached hydrogens (primary N) is 3. The van der Waals surface area contributed by atoms with E-state index < -0.39 is 47.7 Å². The number of carbonyl (C=O) groups excluding carboxylic acids is 4. The Morgan fingerprint density at radius 3 is 2.18 bits per heavy atom. The molecule has 0 saturated heterocycles. The van der Waals surface area contributed by atoms with Crippen LogP contribution in [0, 0.1) is 0 Å². The molecule has 0 aromatic rings. The number of nitrogens with one attached hydrogen (secondary N) is 3. The second kappa shape index (κ2) is 13.4. The van der Waals surface area contributed by atoms with Crippen molar-refractivity contribution in [2.45, 2.75) is 57.2 Å². The lowest BCUT2D eigenvalue weighted by Crippen LogP contribution is -2.49. The average molecular weight is 402 g/mol. The summed E-state index contributed by atoms with van der Waals surface area (Å²) in [4.78, 5) is 56.8. The Kier molecular flexibility index (Phi) is 12.1. The number of carboxylic acid groups (broad SMARTS) is 1. The fraction of sp³-hybridized carbons (Fsp3) is 0.688. The number of rotatable bonds is 14. The van der Waals surface area contributed by atoms with E-state index in [1.54, 1.807) is 0 Å². The molecule has 12 heteroatoms. The SMILES string of the molecule is C[C@@H](NC(=O)[C@H](N)CCCCNC(=O)[C@H](CCC(N)=O)NC(=O)CN)C(=O)O. The fourth-order valence-corrected chi connectivity index (χ4v) is 2.15. The highest BCUT2D eigenvalue weighted by atomic mass is 16.4. The number of carboxylic acids is 1. The van der Waals surface area contributed by atoms with Crippen molar-refractivity contribution in [3.63, 3.8) is 0 Å². The second-order valence-corrected chi connectivity index (χ2v) is 6.29. The highest BCUT2D eigenvalue weighted by Gasteiger charge is 2.21. The van der Waals surface area contributed by atoms with Gasteiger partial charge in [0.1, 0.15) is 12.1 Å². The van der Waals surface area contributed by atoms with Crippen molar-refractivity contribution >= 4 is 29.6 Å². The Morgan fingerprint density at radius 2 is 1.64 bits per heavy atom. The van der Waals surface area contributed by atoms with Crippen molar-refractivity contribution in [3.8, 4) is 0 Å². The lowest BCUT2D eigenvalue weighted by Gasteiger charge is -2.18. The van der Waals surface area contributed by atoms with Gasteiger partial charge in [0.25, 0.3) is 0 Å². The third-order valence-corrected chi connectivity index (χ3v) is 3.82. The first-order valence-electron chi connectivity index (χ1n) is 8.92. The molecule has 0 bridgehead atoms. The smallest absolute Gasteiger partial charge is 0.325 e. The Labute approximate surface area is 162 Å². The summed E-state index contributed by atoms with van der Waals surface area (Å²) in [6.07, 6.45) is 1.32. The summed E-state index contributed by atoms with van der Waals surface area (Å²) < 4.78 is 0. The van der Waals surface area contributed by atoms with Gasteiger partial charge in [0.2, 0.25) is 23.6 Å². The summed E-state index contributed by atoms with van der Waals surface area (Å²) in [7, 11) is 0. The molecule has 10 N–H and O–H groups in total. The first kappa shape index (κ1) is 25.3. The summed E-state index contributed by atoms with van der Waals surface area (Å²) in [5.41, 5.74) is 16.0. The number of carbonyl (C=O) groups is 5. The van der Waals surface area contributed by atoms with E-state index in [9.17, 15) is 24.0 Å². The summed E-state index contributed by atoms with van der Waals surface area (Å²) in [6.45, 7) is 1.31. The van der Waals surface area contributed by atoms with Crippen molar-refractivity contribution in [3.05, 3.63) is 0 Å². The zero-order valence-electron chi connectivity index (χ0n) is 15.9. The molecule has 0 spiro atoms. The van der Waals surface area contributed by atoms with Crippen LogP contribution in [-0.2, 0) is 24.0 Å². The predicted molar refractivity (Wildman–Crippen MR) is 99.5 cm³/mol. The first-order valence-corrected chi connectivity index (χ1v) is 8.92. The van der Waals surface area contributed by atoms with Crippen LogP contribution in [0.4, 0.5) is 0 Å². The van der Waals surface area contributed by atoms with Crippen molar-refractivity contribution in [1.82, 2.24) is 16.0 Å². The largest absolute Gasteiger partial charge is 0.480 e. The molecule has 0 radical (unpaired) electrons. The third kappa shape index (κ3) is 11.1. The minimum atomic E-state index is -1.16. The van der Waals surface area contributed by atoms with E-state index in [1.807, 2.05) is 0 Å². The molecule has 0 heterocycles. The Bertz CT molecular complexity index is 570. The van der Waals surface area contributed by atoms with Gasteiger partial charge in [0, 0.05) is 13.0 Å². The zero-order valence-corrected chi connectivity index (χ0v) is 15.9. The van der Waals surface area contributed by atoms with Gasteiger partial charge in [0.15, 0.2) is 0 Å². The van der Waals surface area contributed by atoms with E-state index in [2.05, 4.69) is 16.0 Å². The van der Waals surface area contributed by atoms with Gasteiger partial charge in [-0.1, -0.05) is 0 Å². The van der Waals surface area contributed by atoms with Crippen molar-refractivity contribution in [2.24, 2.45) is 17.2 Å². The monoisotopic (exact) mass is 402 g/mol. The molecule has 28 heavy (non-hydrogen) atoms. The van der Waals surface area contributed by atoms with E-state index in [0.29, 0.717) is 19.3 Å². The molecule has 4 amide bonds. The normalized spacial score (nSPS) is 13.7. The standard InChI is InChI=1S/C16H30N6O6/c1-9(16(27)28)21-14(25)10(18)4-2-3-7-20-15(26)11(5-6-12(19)23)22-13(24)8-17/h9-11H,2-8,17-18H2,1H3,(H2,19,23)(H,20,26)(H,21,25)(H,22,24)(H,27,28)/t9-,10-,11+/m1/s1. The second-order valence-electron chi connectivity index (χ2n) is 6.29. The topological polar surface area (TPSA) is 220 Å². The molecule has 0 aromatic heterocycles. The molecular formula is C16H30N6O6. The van der Waals surface area contributed by atoms with E-state index in [0.717, 1.165) is 0 Å². The minimum absolute atomic E-state index is 0.0553. The summed E-state index contributed by atoms with van der Waals surface area (Å²) in [5, 5.41) is 16.1. The molecule has 0 fully saturated rings. The third-order valence-electron chi connectivity index (χ3n) is 3.82. The lowest BCUT2D eigenvalue weighted by atomic mass is 10.1. The number of unbranched alkanes of at least 4 members (excludes halogenated alkanes) is 1. The fourth-order valence-electron chi connectivity index (χ4n) is 2.15. The Morgan fingerprint density at radius 1 is 1.00 bits per heavy atom. The predicted octanol–water partition coefficient (Wildman–Crippen LogP) is -3.10. The zero-order chi connectivity index (χ0) is 21.7. The van der Waals surface area contributed by atoms with Gasteiger partial charge in [-0.2, -0.15) is 0 Å². The van der Waals surface area contributed by atoms with E-state index in [4.69, 9.17) is 22.3 Å². The Hall–Kier alpha value is -2.73. The van der Waals surface area contributed by atoms with Crippen molar-refractivity contribution in [2.75, 3.05) is 13.1 Å². The highest BCUT2D eigenvalue weighted by molar-refractivity contribution is 5.89. The summed E-state index contributed by atoms with van der Waals surface area (Å²) in [5.74, 6) is -3.31. The number of aliphatic carboxylic acids is 1. The molecule has 0 saturated carbocycles. The van der Waals surface area contributed by atoms with Crippen molar-refractivity contribution < 1.29 is 29.1 Å². The molecule has 0 aliphatic carbocycles. The van der Waals surface area contributed by atoms with Crippen LogP contribution < -0.4 is 33.2 Å². The van der Waals surface area contributed by atoms with Gasteiger partial charge in [-0.15, -0.1) is 0 Å². The van der Waals surface area contributed by atoms with Crippen LogP contribution in [0.1, 0.15) is 39.0 Å². The average Bonchev–Trinajstić information content (AvgIpc) is 2.63. The highest BCUT2D eigenvalue weighted by Crippen LogP contribution is 2.01. The quantitative estimate of drug-likeness (QED) is 0.147. The van der Waals surface area contributed by atoms with Gasteiger partial charge >= 0.3 is 5.97 Å². The van der Waals surface area contributed by atoms with Gasteiger partial charge < -0.3 is 38.3 Å². The minimum Gasteiger partial charge on any atom is -0.480 e. The molecule has 0 aliphatic heterocycles. The van der Waals surface area contributed by atoms with E-state index in [1.165, 1.54) is 6.92 Å². The molecule has 0 aromatic carbocycles. The maximum absolute atomic E-state index is 12.1. The molecule has 3 atom stereocenters. The summed E-state index contributed by atoms with van der Waals surface area (Å²) in [6, 6.07) is -2.81. The lowest BCUT2D eigenvalue weighted by molar-refractivity contribution is -0.141. The van der Waals surface area contributed by atoms with E-state index in [-0.39, 0.29) is 25.9 Å². The maximum Gasteiger partial charge on any atom is 0.325 e. The van der Waals surface area contributed by atoms with Crippen LogP contribution in [0.25, 0.3) is 0 Å². The van der Waals surface area contributed by atoms with Gasteiger partial charge in [-0.25, -0.2) is 0 Å². The van der Waals surface area contributed by atoms with Gasteiger partial charge in [0.05, 0.1) is 12.6 Å². The van der Waals surface area contributed by atoms with Crippen LogP contribution >= 0.6 is 0 Å². The van der Waals surface area contributed by atoms with E-state index >= 15 is 0 Å². The molecule has 160 valence electrons. The maximum atomic E-state index is 12.1. The molecule has 0 unspecified atom stereocenters. The summed E-state index contributed by atoms with van der Waals surface area (Å²) >= 11 is 0. The van der Waals surface area contributed by atoms with Crippen molar-refractivity contribution in [1.29, 1.82) is 0 Å².